The highest BCUT2D eigenvalue weighted by Gasteiger charge is 2.30. The Balaban J connectivity index is 2.39. The second-order valence-electron chi connectivity index (χ2n) is 4.43. The van der Waals surface area contributed by atoms with E-state index in [1.54, 1.807) is 18.2 Å². The Labute approximate surface area is 118 Å². The first-order valence-corrected chi connectivity index (χ1v) is 6.10. The number of hydrogen-bond donors (Lipinski definition) is 0. The molecule has 1 nitrogen and oxygen atoms in total. The molecule has 0 amide bonds. The average Bonchev–Trinajstić information content (AvgIpc) is 2.38. The van der Waals surface area contributed by atoms with Gasteiger partial charge in [0.25, 0.3) is 0 Å². The van der Waals surface area contributed by atoms with Crippen LogP contribution in [0.1, 0.15) is 5.56 Å². The lowest BCUT2D eigenvalue weighted by atomic mass is 9.94. The van der Waals surface area contributed by atoms with Crippen molar-refractivity contribution in [3.63, 3.8) is 0 Å². The predicted octanol–water partition coefficient (Wildman–Crippen LogP) is 3.85. The standard InChI is InChI=1S/C14H6BClF3N/c15-8-2-4-12-10(6-8)13(16)9-5-7(14(17,18)19)1-3-11(9)20-12/h1-6H. The molecule has 20 heavy (non-hydrogen) atoms. The van der Waals surface area contributed by atoms with Crippen LogP contribution in [-0.2, 0) is 6.18 Å². The molecule has 2 aromatic carbocycles. The second kappa shape index (κ2) is 4.38. The van der Waals surface area contributed by atoms with Crippen LogP contribution in [0.25, 0.3) is 21.8 Å². The molecule has 0 bridgehead atoms. The van der Waals surface area contributed by atoms with E-state index in [0.29, 0.717) is 21.9 Å². The van der Waals surface area contributed by atoms with Crippen molar-refractivity contribution in [3.8, 4) is 0 Å². The van der Waals surface area contributed by atoms with Gasteiger partial charge in [-0.1, -0.05) is 29.2 Å². The van der Waals surface area contributed by atoms with E-state index in [4.69, 9.17) is 19.4 Å². The van der Waals surface area contributed by atoms with Crippen LogP contribution in [0.4, 0.5) is 13.2 Å². The fourth-order valence-electron chi connectivity index (χ4n) is 2.09. The third-order valence-corrected chi connectivity index (χ3v) is 3.47. The molecule has 3 rings (SSSR count). The summed E-state index contributed by atoms with van der Waals surface area (Å²) in [6.07, 6.45) is -4.41. The lowest BCUT2D eigenvalue weighted by Gasteiger charge is -2.10. The van der Waals surface area contributed by atoms with Crippen molar-refractivity contribution < 1.29 is 13.2 Å². The van der Waals surface area contributed by atoms with Gasteiger partial charge in [-0.05, 0) is 24.3 Å². The second-order valence-corrected chi connectivity index (χ2v) is 4.81. The van der Waals surface area contributed by atoms with Gasteiger partial charge in [0, 0.05) is 10.8 Å². The Morgan fingerprint density at radius 2 is 1.55 bits per heavy atom. The lowest BCUT2D eigenvalue weighted by Crippen LogP contribution is -2.05. The molecule has 0 unspecified atom stereocenters. The fourth-order valence-corrected chi connectivity index (χ4v) is 2.39. The summed E-state index contributed by atoms with van der Waals surface area (Å²) in [7, 11) is 5.67. The van der Waals surface area contributed by atoms with Gasteiger partial charge >= 0.3 is 6.18 Å². The van der Waals surface area contributed by atoms with Crippen LogP contribution in [0.3, 0.4) is 0 Å². The number of hydrogen-bond acceptors (Lipinski definition) is 1. The summed E-state index contributed by atoms with van der Waals surface area (Å²) in [5.41, 5.74) is 0.737. The first kappa shape index (κ1) is 13.2. The van der Waals surface area contributed by atoms with Crippen molar-refractivity contribution in [1.29, 1.82) is 0 Å². The van der Waals surface area contributed by atoms with Gasteiger partial charge in [-0.3, -0.25) is 0 Å². The number of aromatic nitrogens is 1. The maximum atomic E-state index is 12.7. The van der Waals surface area contributed by atoms with Gasteiger partial charge in [-0.25, -0.2) is 4.98 Å². The molecule has 0 fully saturated rings. The number of halogens is 4. The summed E-state index contributed by atoms with van der Waals surface area (Å²) >= 11 is 6.21. The zero-order chi connectivity index (χ0) is 14.5. The van der Waals surface area contributed by atoms with E-state index >= 15 is 0 Å². The van der Waals surface area contributed by atoms with E-state index < -0.39 is 11.7 Å². The fraction of sp³-hybridized carbons (Fsp3) is 0.0714. The van der Waals surface area contributed by atoms with Gasteiger partial charge in [0.1, 0.15) is 7.85 Å². The smallest absolute Gasteiger partial charge is 0.248 e. The van der Waals surface area contributed by atoms with Crippen molar-refractivity contribution in [2.45, 2.75) is 6.18 Å². The highest BCUT2D eigenvalue weighted by molar-refractivity contribution is 6.41. The molecule has 0 spiro atoms. The van der Waals surface area contributed by atoms with E-state index in [2.05, 4.69) is 4.98 Å². The van der Waals surface area contributed by atoms with E-state index in [1.165, 1.54) is 6.07 Å². The first-order chi connectivity index (χ1) is 9.36. The average molecular weight is 291 g/mol. The third kappa shape index (κ3) is 2.12. The largest absolute Gasteiger partial charge is 0.416 e. The topological polar surface area (TPSA) is 12.9 Å². The summed E-state index contributed by atoms with van der Waals surface area (Å²) in [5.74, 6) is 0. The zero-order valence-corrected chi connectivity index (χ0v) is 10.8. The van der Waals surface area contributed by atoms with Crippen LogP contribution in [-0.4, -0.2) is 12.8 Å². The van der Waals surface area contributed by atoms with Gasteiger partial charge in [0.2, 0.25) is 0 Å². The van der Waals surface area contributed by atoms with Crippen LogP contribution in [0.2, 0.25) is 5.02 Å². The molecule has 1 aromatic heterocycles. The quantitative estimate of drug-likeness (QED) is 0.453. The van der Waals surface area contributed by atoms with Crippen LogP contribution in [0.15, 0.2) is 36.4 Å². The SMILES string of the molecule is [B]c1ccc2nc3ccc(C(F)(F)F)cc3c(Cl)c2c1. The van der Waals surface area contributed by atoms with Gasteiger partial charge in [-0.2, -0.15) is 13.2 Å². The normalized spacial score (nSPS) is 12.2. The molecule has 1 heterocycles. The Morgan fingerprint density at radius 1 is 0.950 bits per heavy atom. The van der Waals surface area contributed by atoms with Crippen LogP contribution in [0, 0.1) is 0 Å². The number of alkyl halides is 3. The molecule has 0 aliphatic carbocycles. The summed E-state index contributed by atoms with van der Waals surface area (Å²) in [4.78, 5) is 4.30. The molecule has 6 heteroatoms. The minimum atomic E-state index is -4.41. The van der Waals surface area contributed by atoms with Gasteiger partial charge in [0.05, 0.1) is 21.6 Å². The van der Waals surface area contributed by atoms with E-state index in [0.717, 1.165) is 12.1 Å². The summed E-state index contributed by atoms with van der Waals surface area (Å²) in [6.45, 7) is 0. The highest BCUT2D eigenvalue weighted by atomic mass is 35.5. The van der Waals surface area contributed by atoms with Crippen LogP contribution >= 0.6 is 11.6 Å². The summed E-state index contributed by atoms with van der Waals surface area (Å²) in [5, 5.41) is 1.03. The monoisotopic (exact) mass is 291 g/mol. The minimum absolute atomic E-state index is 0.225. The molecule has 0 aliphatic rings. The Morgan fingerprint density at radius 3 is 2.20 bits per heavy atom. The molecule has 0 saturated carbocycles. The van der Waals surface area contributed by atoms with Crippen molar-refractivity contribution in [1.82, 2.24) is 4.98 Å². The van der Waals surface area contributed by atoms with Gasteiger partial charge < -0.3 is 0 Å². The zero-order valence-electron chi connectivity index (χ0n) is 10.0. The number of benzene rings is 2. The number of nitrogens with zero attached hydrogens (tertiary/aromatic N) is 1. The van der Waals surface area contributed by atoms with Gasteiger partial charge in [-0.15, -0.1) is 0 Å². The van der Waals surface area contributed by atoms with E-state index in [1.807, 2.05) is 0 Å². The Kier molecular flexibility index (Phi) is 2.90. The van der Waals surface area contributed by atoms with Crippen molar-refractivity contribution in [3.05, 3.63) is 47.0 Å². The maximum absolute atomic E-state index is 12.7. The number of fused-ring (bicyclic) bond motifs is 2. The molecule has 3 aromatic rings. The highest BCUT2D eigenvalue weighted by Crippen LogP contribution is 2.35. The molecule has 0 saturated heterocycles. The molecular formula is C14H6BClF3N. The predicted molar refractivity (Wildman–Crippen MR) is 74.6 cm³/mol. The molecule has 0 aliphatic heterocycles. The molecule has 2 radical (unpaired) electrons. The number of pyridine rings is 1. The molecule has 98 valence electrons. The first-order valence-electron chi connectivity index (χ1n) is 5.72. The minimum Gasteiger partial charge on any atom is -0.248 e. The Bertz CT molecular complexity index is 830. The molecular weight excluding hydrogens is 285 g/mol. The van der Waals surface area contributed by atoms with E-state index in [-0.39, 0.29) is 10.4 Å². The van der Waals surface area contributed by atoms with E-state index in [9.17, 15) is 13.2 Å². The third-order valence-electron chi connectivity index (χ3n) is 3.06. The Hall–Kier alpha value is -1.75. The van der Waals surface area contributed by atoms with Crippen molar-refractivity contribution in [2.24, 2.45) is 0 Å². The summed E-state index contributed by atoms with van der Waals surface area (Å²) in [6, 6.07) is 8.28. The summed E-state index contributed by atoms with van der Waals surface area (Å²) < 4.78 is 38.2. The van der Waals surface area contributed by atoms with Crippen molar-refractivity contribution >= 4 is 46.7 Å². The molecule has 0 atom stereocenters. The number of rotatable bonds is 0. The van der Waals surface area contributed by atoms with Crippen LogP contribution in [0.5, 0.6) is 0 Å². The van der Waals surface area contributed by atoms with Gasteiger partial charge in [0.15, 0.2) is 0 Å². The molecule has 0 N–H and O–H groups in total. The van der Waals surface area contributed by atoms with Crippen LogP contribution < -0.4 is 5.46 Å². The maximum Gasteiger partial charge on any atom is 0.416 e. The lowest BCUT2D eigenvalue weighted by molar-refractivity contribution is -0.137. The van der Waals surface area contributed by atoms with Crippen molar-refractivity contribution in [2.75, 3.05) is 0 Å².